The molecule has 2 rings (SSSR count). The van der Waals surface area contributed by atoms with Crippen molar-refractivity contribution in [3.05, 3.63) is 50.7 Å². The third-order valence-electron chi connectivity index (χ3n) is 4.16. The minimum atomic E-state index is -0.635. The van der Waals surface area contributed by atoms with Gasteiger partial charge < -0.3 is 16.0 Å². The van der Waals surface area contributed by atoms with E-state index >= 15 is 0 Å². The van der Waals surface area contributed by atoms with Crippen LogP contribution in [0.25, 0.3) is 0 Å². The van der Waals surface area contributed by atoms with E-state index in [4.69, 9.17) is 5.73 Å². The van der Waals surface area contributed by atoms with Gasteiger partial charge in [-0.15, -0.1) is 0 Å². The third-order valence-corrected chi connectivity index (χ3v) is 4.16. The van der Waals surface area contributed by atoms with Crippen LogP contribution >= 0.6 is 0 Å². The van der Waals surface area contributed by atoms with Crippen molar-refractivity contribution in [2.45, 2.75) is 26.3 Å². The van der Waals surface area contributed by atoms with Crippen molar-refractivity contribution in [3.8, 4) is 0 Å². The van der Waals surface area contributed by atoms with Crippen LogP contribution in [0.5, 0.6) is 0 Å². The predicted octanol–water partition coefficient (Wildman–Crippen LogP) is 0.957. The van der Waals surface area contributed by atoms with Crippen LogP contribution in [0, 0.1) is 0 Å². The molecule has 2 aromatic rings. The number of hydrogen-bond donors (Lipinski definition) is 2. The summed E-state index contributed by atoms with van der Waals surface area (Å²) in [5.41, 5.74) is 6.50. The lowest BCUT2D eigenvalue weighted by atomic mass is 10.0. The number of nitrogens with two attached hydrogens (primary N) is 1. The van der Waals surface area contributed by atoms with Gasteiger partial charge in [-0.25, -0.2) is 9.36 Å². The van der Waals surface area contributed by atoms with Crippen molar-refractivity contribution >= 4 is 23.1 Å². The van der Waals surface area contributed by atoms with Crippen molar-refractivity contribution < 1.29 is 4.79 Å². The summed E-state index contributed by atoms with van der Waals surface area (Å²) in [5.74, 6) is -0.0765. The molecule has 1 aromatic heterocycles. The lowest BCUT2D eigenvalue weighted by Crippen LogP contribution is -2.44. The van der Waals surface area contributed by atoms with Crippen LogP contribution in [-0.2, 0) is 18.4 Å². The molecule has 140 valence electrons. The molecule has 0 aliphatic rings. The first-order valence-corrected chi connectivity index (χ1v) is 8.30. The van der Waals surface area contributed by atoms with Gasteiger partial charge in [-0.05, 0) is 23.6 Å². The molecular formula is C18H25N5O3. The van der Waals surface area contributed by atoms with Crippen molar-refractivity contribution in [3.63, 3.8) is 0 Å². The highest BCUT2D eigenvalue weighted by molar-refractivity contribution is 5.90. The molecule has 0 saturated carbocycles. The zero-order chi connectivity index (χ0) is 19.6. The summed E-state index contributed by atoms with van der Waals surface area (Å²) >= 11 is 0. The average molecular weight is 359 g/mol. The number of benzene rings is 1. The maximum Gasteiger partial charge on any atom is 0.332 e. The van der Waals surface area contributed by atoms with Gasteiger partial charge in [0.05, 0.1) is 0 Å². The fourth-order valence-corrected chi connectivity index (χ4v) is 2.65. The first kappa shape index (κ1) is 19.3. The summed E-state index contributed by atoms with van der Waals surface area (Å²) in [6, 6.07) is 7.46. The Labute approximate surface area is 151 Å². The quantitative estimate of drug-likeness (QED) is 0.828. The molecule has 8 heteroatoms. The molecule has 1 heterocycles. The highest BCUT2D eigenvalue weighted by Gasteiger charge is 2.18. The minimum Gasteiger partial charge on any atom is -0.383 e. The highest BCUT2D eigenvalue weighted by atomic mass is 16.2. The zero-order valence-electron chi connectivity index (χ0n) is 15.7. The van der Waals surface area contributed by atoms with Crippen LogP contribution in [0.4, 0.5) is 17.2 Å². The topological polar surface area (TPSA) is 102 Å². The van der Waals surface area contributed by atoms with Gasteiger partial charge in [-0.2, -0.15) is 0 Å². The number of nitrogen functional groups attached to an aromatic ring is 1. The summed E-state index contributed by atoms with van der Waals surface area (Å²) in [4.78, 5) is 38.9. The summed E-state index contributed by atoms with van der Waals surface area (Å²) in [7, 11) is 4.77. The van der Waals surface area contributed by atoms with Crippen LogP contribution < -0.4 is 27.2 Å². The van der Waals surface area contributed by atoms with Crippen LogP contribution in [0.3, 0.4) is 0 Å². The number of nitrogens with one attached hydrogen (secondary N) is 1. The molecule has 0 saturated heterocycles. The molecule has 1 aromatic carbocycles. The fraction of sp³-hybridized carbons (Fsp3) is 0.389. The first-order chi connectivity index (χ1) is 12.1. The lowest BCUT2D eigenvalue weighted by Gasteiger charge is -2.18. The molecule has 0 bridgehead atoms. The second-order valence-electron chi connectivity index (χ2n) is 6.69. The van der Waals surface area contributed by atoms with Crippen molar-refractivity contribution in [1.82, 2.24) is 9.13 Å². The SMILES string of the molecule is CC(C)c1cccc(NC(=O)Cn2c(=O)c(N(C)C)c(N)n(C)c2=O)c1. The van der Waals surface area contributed by atoms with Crippen LogP contribution in [0.2, 0.25) is 0 Å². The molecular weight excluding hydrogens is 334 g/mol. The van der Waals surface area contributed by atoms with E-state index in [2.05, 4.69) is 19.2 Å². The Morgan fingerprint density at radius 2 is 1.92 bits per heavy atom. The monoisotopic (exact) mass is 359 g/mol. The molecule has 1 amide bonds. The average Bonchev–Trinajstić information content (AvgIpc) is 2.57. The molecule has 0 spiro atoms. The van der Waals surface area contributed by atoms with E-state index < -0.39 is 23.7 Å². The maximum absolute atomic E-state index is 12.6. The predicted molar refractivity (Wildman–Crippen MR) is 104 cm³/mol. The van der Waals surface area contributed by atoms with Crippen LogP contribution in [0.15, 0.2) is 33.9 Å². The number of carbonyl (C=O) groups excluding carboxylic acids is 1. The Hall–Kier alpha value is -3.03. The minimum absolute atomic E-state index is 0.0614. The molecule has 0 aliphatic heterocycles. The fourth-order valence-electron chi connectivity index (χ4n) is 2.65. The molecule has 0 unspecified atom stereocenters. The standard InChI is InChI=1S/C18H25N5O3/c1-11(2)12-7-6-8-13(9-12)20-14(24)10-23-17(25)15(21(3)4)16(19)22(5)18(23)26/h6-9,11H,10,19H2,1-5H3,(H,20,24). The summed E-state index contributed by atoms with van der Waals surface area (Å²) in [6.07, 6.45) is 0. The summed E-state index contributed by atoms with van der Waals surface area (Å²) in [6.45, 7) is 3.72. The van der Waals surface area contributed by atoms with E-state index in [1.807, 2.05) is 18.2 Å². The second kappa shape index (κ2) is 7.47. The third kappa shape index (κ3) is 3.79. The second-order valence-corrected chi connectivity index (χ2v) is 6.69. The van der Waals surface area contributed by atoms with Crippen molar-refractivity contribution in [2.24, 2.45) is 7.05 Å². The maximum atomic E-state index is 12.6. The van der Waals surface area contributed by atoms with Gasteiger partial charge in [0.2, 0.25) is 5.91 Å². The largest absolute Gasteiger partial charge is 0.383 e. The van der Waals surface area contributed by atoms with Crippen molar-refractivity contribution in [2.75, 3.05) is 30.0 Å². The normalized spacial score (nSPS) is 10.8. The van der Waals surface area contributed by atoms with E-state index in [0.29, 0.717) is 11.6 Å². The van der Waals surface area contributed by atoms with Gasteiger partial charge in [0, 0.05) is 26.8 Å². The first-order valence-electron chi connectivity index (χ1n) is 8.30. The number of aromatic nitrogens is 2. The Morgan fingerprint density at radius 1 is 1.27 bits per heavy atom. The van der Waals surface area contributed by atoms with Gasteiger partial charge >= 0.3 is 5.69 Å². The number of rotatable bonds is 5. The highest BCUT2D eigenvalue weighted by Crippen LogP contribution is 2.18. The van der Waals surface area contributed by atoms with Gasteiger partial charge in [0.15, 0.2) is 0 Å². The molecule has 3 N–H and O–H groups in total. The smallest absolute Gasteiger partial charge is 0.332 e. The number of amides is 1. The lowest BCUT2D eigenvalue weighted by molar-refractivity contribution is -0.116. The molecule has 0 aliphatic carbocycles. The van der Waals surface area contributed by atoms with E-state index in [1.165, 1.54) is 11.9 Å². The Morgan fingerprint density at radius 3 is 2.50 bits per heavy atom. The van der Waals surface area contributed by atoms with Crippen molar-refractivity contribution in [1.29, 1.82) is 0 Å². The Kier molecular flexibility index (Phi) is 5.54. The van der Waals surface area contributed by atoms with Gasteiger partial charge in [0.25, 0.3) is 5.56 Å². The molecule has 8 nitrogen and oxygen atoms in total. The van der Waals surface area contributed by atoms with E-state index in [0.717, 1.165) is 14.7 Å². The van der Waals surface area contributed by atoms with E-state index in [1.54, 1.807) is 20.2 Å². The molecule has 26 heavy (non-hydrogen) atoms. The van der Waals surface area contributed by atoms with Gasteiger partial charge in [-0.3, -0.25) is 14.2 Å². The van der Waals surface area contributed by atoms with Gasteiger partial charge in [0.1, 0.15) is 18.1 Å². The number of nitrogens with zero attached hydrogens (tertiary/aromatic N) is 3. The van der Waals surface area contributed by atoms with E-state index in [9.17, 15) is 14.4 Å². The van der Waals surface area contributed by atoms with Crippen LogP contribution in [-0.4, -0.2) is 29.1 Å². The summed E-state index contributed by atoms with van der Waals surface area (Å²) < 4.78 is 2.04. The van der Waals surface area contributed by atoms with E-state index in [-0.39, 0.29) is 11.5 Å². The van der Waals surface area contributed by atoms with Crippen LogP contribution in [0.1, 0.15) is 25.3 Å². The number of anilines is 3. The summed E-state index contributed by atoms with van der Waals surface area (Å²) in [5, 5.41) is 2.73. The number of carbonyl (C=O) groups is 1. The van der Waals surface area contributed by atoms with Gasteiger partial charge in [-0.1, -0.05) is 26.0 Å². The Balaban J connectivity index is 2.34. The zero-order valence-corrected chi connectivity index (χ0v) is 15.7. The Bertz CT molecular complexity index is 941. The number of hydrogen-bond acceptors (Lipinski definition) is 5. The molecule has 0 atom stereocenters. The molecule has 0 radical (unpaired) electrons. The molecule has 0 fully saturated rings.